The van der Waals surface area contributed by atoms with Crippen molar-refractivity contribution in [1.29, 1.82) is 0 Å². The molecule has 0 spiro atoms. The molecular formula is C28H43NO10. The smallest absolute Gasteiger partial charge is 0.462 e. The molecule has 0 saturated heterocycles. The van der Waals surface area contributed by atoms with Gasteiger partial charge in [-0.1, -0.05) is 54.5 Å². The Bertz CT molecular complexity index is 978. The number of esters is 2. The maximum absolute atomic E-state index is 12.5. The molecule has 0 radical (unpaired) electrons. The van der Waals surface area contributed by atoms with Crippen LogP contribution in [0.4, 0.5) is 9.59 Å². The van der Waals surface area contributed by atoms with E-state index in [4.69, 9.17) is 34.2 Å². The first-order valence-electron chi connectivity index (χ1n) is 12.9. The number of hydrogen-bond acceptors (Lipinski definition) is 11. The fraction of sp³-hybridized carbons (Fsp3) is 0.643. The van der Waals surface area contributed by atoms with Crippen molar-refractivity contribution in [3.05, 3.63) is 23.8 Å². The molecule has 0 aromatic heterocycles. The summed E-state index contributed by atoms with van der Waals surface area (Å²) in [6, 6.07) is 3.30. The quantitative estimate of drug-likeness (QED) is 0.213. The third kappa shape index (κ3) is 15.0. The van der Waals surface area contributed by atoms with E-state index >= 15 is 0 Å². The van der Waals surface area contributed by atoms with Crippen LogP contribution in [0.25, 0.3) is 0 Å². The van der Waals surface area contributed by atoms with Crippen molar-refractivity contribution in [2.75, 3.05) is 19.8 Å². The summed E-state index contributed by atoms with van der Waals surface area (Å²) >= 11 is 0. The lowest BCUT2D eigenvalue weighted by Crippen LogP contribution is -2.37. The Kier molecular flexibility index (Phi) is 13.2. The van der Waals surface area contributed by atoms with E-state index in [9.17, 15) is 19.2 Å². The van der Waals surface area contributed by atoms with Crippen LogP contribution in [0.3, 0.4) is 0 Å². The first kappa shape index (κ1) is 33.7. The van der Waals surface area contributed by atoms with Gasteiger partial charge in [-0.15, -0.1) is 0 Å². The first-order valence-corrected chi connectivity index (χ1v) is 12.9. The molecule has 1 aromatic carbocycles. The second-order valence-electron chi connectivity index (χ2n) is 11.7. The van der Waals surface area contributed by atoms with Crippen molar-refractivity contribution in [2.24, 2.45) is 16.6 Å². The number of carbonyl (C=O) groups excluding carboxylic acids is 4. The molecule has 0 bridgehead atoms. The van der Waals surface area contributed by atoms with Crippen LogP contribution in [0, 0.1) is 10.8 Å². The molecule has 2 atom stereocenters. The molecule has 0 aliphatic rings. The zero-order valence-corrected chi connectivity index (χ0v) is 24.3. The molecule has 0 unspecified atom stereocenters. The average molecular weight is 554 g/mol. The first-order chi connectivity index (χ1) is 18.0. The van der Waals surface area contributed by atoms with Crippen LogP contribution in [-0.4, -0.2) is 56.2 Å². The molecule has 0 fully saturated rings. The van der Waals surface area contributed by atoms with Crippen LogP contribution in [0.1, 0.15) is 73.8 Å². The summed E-state index contributed by atoms with van der Waals surface area (Å²) in [7, 11) is 0. The van der Waals surface area contributed by atoms with Gasteiger partial charge in [0.2, 0.25) is 0 Å². The maximum atomic E-state index is 12.5. The van der Waals surface area contributed by atoms with Gasteiger partial charge in [-0.2, -0.15) is 0 Å². The predicted octanol–water partition coefficient (Wildman–Crippen LogP) is 4.95. The average Bonchev–Trinajstić information content (AvgIpc) is 2.81. The lowest BCUT2D eigenvalue weighted by atomic mass is 9.99. The topological polar surface area (TPSA) is 150 Å². The molecule has 2 N–H and O–H groups in total. The van der Waals surface area contributed by atoms with E-state index < -0.39 is 30.4 Å². The second-order valence-corrected chi connectivity index (χ2v) is 11.7. The van der Waals surface area contributed by atoms with Gasteiger partial charge in [0.05, 0.1) is 13.2 Å². The number of benzene rings is 1. The van der Waals surface area contributed by atoms with E-state index in [1.807, 2.05) is 48.5 Å². The lowest BCUT2D eigenvalue weighted by molar-refractivity contribution is -0.159. The summed E-state index contributed by atoms with van der Waals surface area (Å²) in [5.74, 6) is -1.27. The summed E-state index contributed by atoms with van der Waals surface area (Å²) in [6.45, 7) is 14.9. The summed E-state index contributed by atoms with van der Waals surface area (Å²) in [6.07, 6.45) is -1.70. The number of nitrogens with two attached hydrogens (primary N) is 1. The molecule has 0 saturated carbocycles. The Morgan fingerprint density at radius 3 is 1.90 bits per heavy atom. The van der Waals surface area contributed by atoms with Gasteiger partial charge in [0.25, 0.3) is 0 Å². The largest absolute Gasteiger partial charge is 0.513 e. The van der Waals surface area contributed by atoms with E-state index in [0.717, 1.165) is 0 Å². The zero-order chi connectivity index (χ0) is 29.8. The summed E-state index contributed by atoms with van der Waals surface area (Å²) < 4.78 is 31.2. The molecule has 39 heavy (non-hydrogen) atoms. The van der Waals surface area contributed by atoms with Crippen LogP contribution in [0.5, 0.6) is 11.5 Å². The van der Waals surface area contributed by atoms with Gasteiger partial charge in [0, 0.05) is 6.42 Å². The van der Waals surface area contributed by atoms with Gasteiger partial charge >= 0.3 is 24.2 Å². The van der Waals surface area contributed by atoms with Gasteiger partial charge in [-0.3, -0.25) is 9.59 Å². The Hall–Kier alpha value is -3.34. The molecule has 11 heteroatoms. The second kappa shape index (κ2) is 15.3. The van der Waals surface area contributed by atoms with Gasteiger partial charge < -0.3 is 34.2 Å². The van der Waals surface area contributed by atoms with Crippen LogP contribution in [0.15, 0.2) is 18.2 Å². The maximum Gasteiger partial charge on any atom is 0.513 e. The Balaban J connectivity index is 2.94. The highest BCUT2D eigenvalue weighted by molar-refractivity contribution is 5.76. The Morgan fingerprint density at radius 2 is 1.38 bits per heavy atom. The standard InChI is InChI=1S/C28H43NO10/c1-9-10-23(30)34-15-18(2)37-24(31)20(29)13-19-11-12-21(38-25(32)35-16-27(3,4)5)22(14-19)39-26(33)36-17-28(6,7)8/h11-12,14,18,20H,9-10,13,15-17,29H2,1-8H3/t18-,20-/m0/s1. The van der Waals surface area contributed by atoms with E-state index in [0.29, 0.717) is 12.0 Å². The van der Waals surface area contributed by atoms with Gasteiger partial charge in [0.15, 0.2) is 11.5 Å². The van der Waals surface area contributed by atoms with E-state index in [-0.39, 0.29) is 61.0 Å². The third-order valence-corrected chi connectivity index (χ3v) is 4.65. The fourth-order valence-corrected chi connectivity index (χ4v) is 2.78. The summed E-state index contributed by atoms with van der Waals surface area (Å²) in [5.41, 5.74) is 5.95. The van der Waals surface area contributed by atoms with E-state index in [1.165, 1.54) is 12.1 Å². The van der Waals surface area contributed by atoms with Gasteiger partial charge in [-0.25, -0.2) is 9.59 Å². The summed E-state index contributed by atoms with van der Waals surface area (Å²) in [4.78, 5) is 48.5. The predicted molar refractivity (Wildman–Crippen MR) is 142 cm³/mol. The van der Waals surface area contributed by atoms with Gasteiger partial charge in [-0.05, 0) is 48.3 Å². The molecule has 0 aliphatic heterocycles. The highest BCUT2D eigenvalue weighted by Gasteiger charge is 2.23. The molecule has 1 rings (SSSR count). The highest BCUT2D eigenvalue weighted by Crippen LogP contribution is 2.30. The van der Waals surface area contributed by atoms with Crippen molar-refractivity contribution in [1.82, 2.24) is 0 Å². The minimum absolute atomic E-state index is 0.0172. The van der Waals surface area contributed by atoms with E-state index in [2.05, 4.69) is 0 Å². The molecule has 0 heterocycles. The lowest BCUT2D eigenvalue weighted by Gasteiger charge is -2.19. The minimum atomic E-state index is -1.07. The van der Waals surface area contributed by atoms with Crippen LogP contribution in [0.2, 0.25) is 0 Å². The van der Waals surface area contributed by atoms with Crippen molar-refractivity contribution >= 4 is 24.2 Å². The van der Waals surface area contributed by atoms with Crippen LogP contribution >= 0.6 is 0 Å². The Labute approximate surface area is 230 Å². The monoisotopic (exact) mass is 553 g/mol. The van der Waals surface area contributed by atoms with Crippen molar-refractivity contribution < 1.29 is 47.6 Å². The van der Waals surface area contributed by atoms with Crippen molar-refractivity contribution in [3.63, 3.8) is 0 Å². The number of rotatable bonds is 12. The number of hydrogen-bond donors (Lipinski definition) is 1. The molecular weight excluding hydrogens is 510 g/mol. The SMILES string of the molecule is CCCC(=O)OC[C@H](C)OC(=O)[C@@H](N)Cc1ccc(OC(=O)OCC(C)(C)C)c(OC(=O)OCC(C)(C)C)c1. The van der Waals surface area contributed by atoms with Crippen molar-refractivity contribution in [3.8, 4) is 11.5 Å². The molecule has 11 nitrogen and oxygen atoms in total. The molecule has 0 aliphatic carbocycles. The fourth-order valence-electron chi connectivity index (χ4n) is 2.78. The van der Waals surface area contributed by atoms with Crippen molar-refractivity contribution in [2.45, 2.75) is 86.8 Å². The number of ether oxygens (including phenoxy) is 6. The van der Waals surface area contributed by atoms with Gasteiger partial charge in [0.1, 0.15) is 18.8 Å². The Morgan fingerprint density at radius 1 is 0.846 bits per heavy atom. The third-order valence-electron chi connectivity index (χ3n) is 4.65. The van der Waals surface area contributed by atoms with Crippen LogP contribution < -0.4 is 15.2 Å². The van der Waals surface area contributed by atoms with Crippen LogP contribution in [-0.2, 0) is 35.0 Å². The summed E-state index contributed by atoms with van der Waals surface area (Å²) in [5, 5.41) is 0. The zero-order valence-electron chi connectivity index (χ0n) is 24.3. The molecule has 220 valence electrons. The molecule has 0 amide bonds. The number of carbonyl (C=O) groups is 4. The highest BCUT2D eigenvalue weighted by atomic mass is 16.7. The van der Waals surface area contributed by atoms with E-state index in [1.54, 1.807) is 13.0 Å². The minimum Gasteiger partial charge on any atom is -0.462 e. The normalized spacial score (nSPS) is 13.1. The molecule has 1 aromatic rings.